The Labute approximate surface area is 135 Å². The van der Waals surface area contributed by atoms with Crippen molar-refractivity contribution in [2.45, 2.75) is 6.92 Å². The van der Waals surface area contributed by atoms with Crippen LogP contribution in [0.25, 0.3) is 10.9 Å². The molecule has 0 aliphatic carbocycles. The van der Waals surface area contributed by atoms with Crippen molar-refractivity contribution in [1.82, 2.24) is 20.1 Å². The fraction of sp³-hybridized carbons (Fsp3) is 0.412. The number of aryl methyl sites for hydroxylation is 1. The number of fused-ring (bicyclic) bond motifs is 1. The fourth-order valence-electron chi connectivity index (χ4n) is 2.93. The van der Waals surface area contributed by atoms with Gasteiger partial charge in [0.25, 0.3) is 5.91 Å². The topological polar surface area (TPSA) is 68.4 Å². The summed E-state index contributed by atoms with van der Waals surface area (Å²) in [7, 11) is 1.64. The highest BCUT2D eigenvalue weighted by Gasteiger charge is 2.24. The SMILES string of the molecule is CNC(=O)CN1CCN(C(=O)c2cc3cc(C)ccc3[nH]2)CC1. The molecule has 2 aromatic rings. The summed E-state index contributed by atoms with van der Waals surface area (Å²) in [6.45, 7) is 5.16. The van der Waals surface area contributed by atoms with Gasteiger partial charge < -0.3 is 15.2 Å². The van der Waals surface area contributed by atoms with Crippen molar-refractivity contribution >= 4 is 22.7 Å². The molecule has 0 spiro atoms. The Hall–Kier alpha value is -2.34. The van der Waals surface area contributed by atoms with E-state index in [4.69, 9.17) is 0 Å². The number of hydrogen-bond donors (Lipinski definition) is 2. The van der Waals surface area contributed by atoms with Crippen LogP contribution in [0.1, 0.15) is 16.1 Å². The molecule has 0 radical (unpaired) electrons. The summed E-state index contributed by atoms with van der Waals surface area (Å²) in [5, 5.41) is 3.69. The number of aromatic nitrogens is 1. The van der Waals surface area contributed by atoms with E-state index < -0.39 is 0 Å². The summed E-state index contributed by atoms with van der Waals surface area (Å²) in [6.07, 6.45) is 0. The van der Waals surface area contributed by atoms with Gasteiger partial charge in [-0.3, -0.25) is 14.5 Å². The van der Waals surface area contributed by atoms with E-state index in [0.717, 1.165) is 24.0 Å². The Morgan fingerprint density at radius 3 is 2.61 bits per heavy atom. The number of hydrogen-bond acceptors (Lipinski definition) is 3. The van der Waals surface area contributed by atoms with Gasteiger partial charge in [-0.1, -0.05) is 11.6 Å². The van der Waals surface area contributed by atoms with Gasteiger partial charge in [-0.15, -0.1) is 0 Å². The highest BCUT2D eigenvalue weighted by atomic mass is 16.2. The molecule has 1 aliphatic heterocycles. The number of amides is 2. The second kappa shape index (κ2) is 6.42. The van der Waals surface area contributed by atoms with E-state index in [1.807, 2.05) is 30.0 Å². The Balaban J connectivity index is 1.65. The zero-order valence-electron chi connectivity index (χ0n) is 13.6. The predicted molar refractivity (Wildman–Crippen MR) is 89.4 cm³/mol. The summed E-state index contributed by atoms with van der Waals surface area (Å²) < 4.78 is 0. The number of nitrogens with zero attached hydrogens (tertiary/aromatic N) is 2. The van der Waals surface area contributed by atoms with E-state index in [0.29, 0.717) is 25.3 Å². The number of carbonyl (C=O) groups is 2. The minimum Gasteiger partial charge on any atom is -0.358 e. The molecule has 0 saturated carbocycles. The number of aromatic amines is 1. The van der Waals surface area contributed by atoms with E-state index in [1.165, 1.54) is 5.56 Å². The molecular formula is C17H22N4O2. The third kappa shape index (κ3) is 3.37. The van der Waals surface area contributed by atoms with Gasteiger partial charge in [0.2, 0.25) is 5.91 Å². The van der Waals surface area contributed by atoms with Crippen molar-refractivity contribution in [2.75, 3.05) is 39.8 Å². The first kappa shape index (κ1) is 15.6. The molecule has 1 fully saturated rings. The number of nitrogens with one attached hydrogen (secondary N) is 2. The number of piperazine rings is 1. The maximum Gasteiger partial charge on any atom is 0.270 e. The van der Waals surface area contributed by atoms with Crippen LogP contribution in [-0.4, -0.2) is 66.4 Å². The number of rotatable bonds is 3. The summed E-state index contributed by atoms with van der Waals surface area (Å²) in [6, 6.07) is 8.03. The second-order valence-corrected chi connectivity index (χ2v) is 6.02. The Morgan fingerprint density at radius 1 is 1.17 bits per heavy atom. The molecule has 2 N–H and O–H groups in total. The first-order valence-electron chi connectivity index (χ1n) is 7.88. The van der Waals surface area contributed by atoms with Crippen LogP contribution in [-0.2, 0) is 4.79 Å². The molecule has 122 valence electrons. The lowest BCUT2D eigenvalue weighted by Gasteiger charge is -2.34. The molecule has 0 bridgehead atoms. The molecule has 1 aromatic carbocycles. The third-order valence-corrected chi connectivity index (χ3v) is 4.31. The summed E-state index contributed by atoms with van der Waals surface area (Å²) in [4.78, 5) is 31.2. The quantitative estimate of drug-likeness (QED) is 0.887. The van der Waals surface area contributed by atoms with E-state index in [-0.39, 0.29) is 11.8 Å². The average Bonchev–Trinajstić information content (AvgIpc) is 2.97. The lowest BCUT2D eigenvalue weighted by molar-refractivity contribution is -0.122. The van der Waals surface area contributed by atoms with E-state index in [1.54, 1.807) is 7.05 Å². The number of likely N-dealkylation sites (N-methyl/N-ethyl adjacent to an activating group) is 1. The van der Waals surface area contributed by atoms with Gasteiger partial charge in [0.15, 0.2) is 0 Å². The van der Waals surface area contributed by atoms with Gasteiger partial charge in [-0.2, -0.15) is 0 Å². The number of benzene rings is 1. The van der Waals surface area contributed by atoms with Crippen molar-refractivity contribution in [2.24, 2.45) is 0 Å². The van der Waals surface area contributed by atoms with E-state index in [9.17, 15) is 9.59 Å². The molecule has 2 amide bonds. The number of carbonyl (C=O) groups excluding carboxylic acids is 2. The van der Waals surface area contributed by atoms with E-state index >= 15 is 0 Å². The minimum absolute atomic E-state index is 0.00997. The van der Waals surface area contributed by atoms with Crippen LogP contribution in [0.5, 0.6) is 0 Å². The molecule has 2 heterocycles. The summed E-state index contributed by atoms with van der Waals surface area (Å²) in [5.41, 5.74) is 2.79. The summed E-state index contributed by atoms with van der Waals surface area (Å²) >= 11 is 0. The van der Waals surface area contributed by atoms with Crippen molar-refractivity contribution in [3.05, 3.63) is 35.5 Å². The van der Waals surface area contributed by atoms with Gasteiger partial charge in [0.05, 0.1) is 6.54 Å². The van der Waals surface area contributed by atoms with Crippen LogP contribution in [0.4, 0.5) is 0 Å². The van der Waals surface area contributed by atoms with Crippen LogP contribution in [0.15, 0.2) is 24.3 Å². The molecular weight excluding hydrogens is 292 g/mol. The fourth-order valence-corrected chi connectivity index (χ4v) is 2.93. The molecule has 0 unspecified atom stereocenters. The smallest absolute Gasteiger partial charge is 0.270 e. The number of H-pyrrole nitrogens is 1. The van der Waals surface area contributed by atoms with Crippen molar-refractivity contribution in [3.8, 4) is 0 Å². The van der Waals surface area contributed by atoms with Crippen molar-refractivity contribution < 1.29 is 9.59 Å². The van der Waals surface area contributed by atoms with Crippen LogP contribution >= 0.6 is 0 Å². The van der Waals surface area contributed by atoms with Crippen LogP contribution in [0, 0.1) is 6.92 Å². The Morgan fingerprint density at radius 2 is 1.91 bits per heavy atom. The molecule has 0 atom stereocenters. The van der Waals surface area contributed by atoms with Gasteiger partial charge in [-0.25, -0.2) is 0 Å². The van der Waals surface area contributed by atoms with Gasteiger partial charge in [0, 0.05) is 44.1 Å². The maximum atomic E-state index is 12.6. The lowest BCUT2D eigenvalue weighted by atomic mass is 10.2. The van der Waals surface area contributed by atoms with Crippen LogP contribution < -0.4 is 5.32 Å². The monoisotopic (exact) mass is 314 g/mol. The molecule has 23 heavy (non-hydrogen) atoms. The normalized spacial score (nSPS) is 15.8. The maximum absolute atomic E-state index is 12.6. The van der Waals surface area contributed by atoms with Gasteiger partial charge >= 0.3 is 0 Å². The predicted octanol–water partition coefficient (Wildman–Crippen LogP) is 0.980. The molecule has 1 saturated heterocycles. The summed E-state index contributed by atoms with van der Waals surface area (Å²) in [5.74, 6) is 0.0363. The molecule has 6 nitrogen and oxygen atoms in total. The highest BCUT2D eigenvalue weighted by Crippen LogP contribution is 2.18. The van der Waals surface area contributed by atoms with Crippen LogP contribution in [0.2, 0.25) is 0 Å². The largest absolute Gasteiger partial charge is 0.358 e. The zero-order chi connectivity index (χ0) is 16.4. The van der Waals surface area contributed by atoms with Crippen molar-refractivity contribution in [1.29, 1.82) is 0 Å². The lowest BCUT2D eigenvalue weighted by Crippen LogP contribution is -2.50. The Bertz CT molecular complexity index is 729. The van der Waals surface area contributed by atoms with Crippen molar-refractivity contribution in [3.63, 3.8) is 0 Å². The minimum atomic E-state index is 0.00997. The zero-order valence-corrected chi connectivity index (χ0v) is 13.6. The first-order valence-corrected chi connectivity index (χ1v) is 7.88. The molecule has 1 aliphatic rings. The van der Waals surface area contributed by atoms with Gasteiger partial charge in [0.1, 0.15) is 5.69 Å². The van der Waals surface area contributed by atoms with Gasteiger partial charge in [-0.05, 0) is 25.1 Å². The standard InChI is InChI=1S/C17H22N4O2/c1-12-3-4-14-13(9-12)10-15(19-14)17(23)21-7-5-20(6-8-21)11-16(22)18-2/h3-4,9-10,19H,5-8,11H2,1-2H3,(H,18,22). The first-order chi connectivity index (χ1) is 11.1. The Kier molecular flexibility index (Phi) is 4.34. The van der Waals surface area contributed by atoms with E-state index in [2.05, 4.69) is 21.3 Å². The third-order valence-electron chi connectivity index (χ3n) is 4.31. The highest BCUT2D eigenvalue weighted by molar-refractivity contribution is 5.98. The molecule has 6 heteroatoms. The average molecular weight is 314 g/mol. The molecule has 1 aromatic heterocycles. The van der Waals surface area contributed by atoms with Crippen LogP contribution in [0.3, 0.4) is 0 Å². The second-order valence-electron chi connectivity index (χ2n) is 6.02. The molecule has 3 rings (SSSR count).